The Bertz CT molecular complexity index is 2350. The summed E-state index contributed by atoms with van der Waals surface area (Å²) in [7, 11) is 0. The first kappa shape index (κ1) is 41.9. The standard InChI is InChI=1S/C43H47ClFN5O8/c1-26-12-13-28(41(52)53)21-34(26)49-27(2)19-35(39(44)40(49)51)58-25-29-14-15-31(45)20-30(29)24-46-42(54)47-37-23-36(43(3,4)5)48-50(37)32-9-8-10-33(22-32)55-17-18-57-38-11-6-7-16-56-38/h8-10,12-15,19-23,38H,6-7,11,16-18,24-25H2,1-5H3,(H,52,53)(H2,46,47,54). The molecule has 2 aromatic heterocycles. The second kappa shape index (κ2) is 18.3. The second-order valence-corrected chi connectivity index (χ2v) is 15.4. The van der Waals surface area contributed by atoms with E-state index >= 15 is 0 Å². The molecule has 1 fully saturated rings. The van der Waals surface area contributed by atoms with Crippen LogP contribution in [0, 0.1) is 19.7 Å². The first-order chi connectivity index (χ1) is 27.7. The molecule has 0 saturated carbocycles. The van der Waals surface area contributed by atoms with Gasteiger partial charge in [0.05, 0.1) is 29.2 Å². The van der Waals surface area contributed by atoms with Crippen molar-refractivity contribution < 1.29 is 38.0 Å². The van der Waals surface area contributed by atoms with Crippen LogP contribution in [0.25, 0.3) is 11.4 Å². The number of amides is 2. The zero-order chi connectivity index (χ0) is 41.6. The van der Waals surface area contributed by atoms with E-state index in [-0.39, 0.29) is 41.2 Å². The maximum Gasteiger partial charge on any atom is 0.335 e. The van der Waals surface area contributed by atoms with Gasteiger partial charge < -0.3 is 29.4 Å². The van der Waals surface area contributed by atoms with Crippen LogP contribution < -0.4 is 25.7 Å². The van der Waals surface area contributed by atoms with E-state index in [1.165, 1.54) is 34.9 Å². The molecule has 1 aliphatic rings. The van der Waals surface area contributed by atoms with Crippen molar-refractivity contribution in [3.05, 3.63) is 128 Å². The van der Waals surface area contributed by atoms with Gasteiger partial charge in [0, 0.05) is 42.5 Å². The fourth-order valence-corrected chi connectivity index (χ4v) is 6.57. The molecule has 3 aromatic carbocycles. The maximum absolute atomic E-state index is 14.5. The molecule has 1 atom stereocenters. The molecule has 0 radical (unpaired) electrons. The lowest BCUT2D eigenvalue weighted by atomic mass is 9.92. The highest BCUT2D eigenvalue weighted by atomic mass is 35.5. The van der Waals surface area contributed by atoms with E-state index in [0.29, 0.717) is 65.1 Å². The molecule has 1 unspecified atom stereocenters. The Kier molecular flexibility index (Phi) is 13.2. The molecule has 306 valence electrons. The van der Waals surface area contributed by atoms with E-state index in [2.05, 4.69) is 10.6 Å². The SMILES string of the molecule is Cc1ccc(C(=O)O)cc1-n1c(C)cc(OCc2ccc(F)cc2CNC(=O)Nc2cc(C(C)(C)C)nn2-c2cccc(OCCOC3CCCCO3)c2)c(Cl)c1=O. The Labute approximate surface area is 340 Å². The van der Waals surface area contributed by atoms with Gasteiger partial charge in [0.2, 0.25) is 0 Å². The summed E-state index contributed by atoms with van der Waals surface area (Å²) >= 11 is 6.51. The van der Waals surface area contributed by atoms with Gasteiger partial charge in [-0.25, -0.2) is 18.7 Å². The molecule has 3 heterocycles. The van der Waals surface area contributed by atoms with Crippen molar-refractivity contribution in [2.45, 2.75) is 78.7 Å². The summed E-state index contributed by atoms with van der Waals surface area (Å²) < 4.78 is 40.9. The summed E-state index contributed by atoms with van der Waals surface area (Å²) in [5.41, 5.74) is 2.98. The van der Waals surface area contributed by atoms with Gasteiger partial charge in [-0.2, -0.15) is 5.10 Å². The van der Waals surface area contributed by atoms with Crippen molar-refractivity contribution >= 4 is 29.4 Å². The third-order valence-corrected chi connectivity index (χ3v) is 9.91. The van der Waals surface area contributed by atoms with Crippen LogP contribution in [-0.4, -0.2) is 57.6 Å². The molecule has 13 nitrogen and oxygen atoms in total. The number of hydrogen-bond acceptors (Lipinski definition) is 8. The number of urea groups is 1. The molecule has 15 heteroatoms. The van der Waals surface area contributed by atoms with E-state index in [1.54, 1.807) is 36.7 Å². The van der Waals surface area contributed by atoms with Crippen LogP contribution in [0.1, 0.15) is 78.5 Å². The van der Waals surface area contributed by atoms with Crippen molar-refractivity contribution in [1.82, 2.24) is 19.7 Å². The van der Waals surface area contributed by atoms with E-state index in [1.807, 2.05) is 45.0 Å². The number of aryl methyl sites for hydroxylation is 2. The average molecular weight is 816 g/mol. The number of halogens is 2. The number of hydrogen-bond donors (Lipinski definition) is 3. The average Bonchev–Trinajstić information content (AvgIpc) is 3.63. The lowest BCUT2D eigenvalue weighted by Crippen LogP contribution is -2.29. The molecule has 58 heavy (non-hydrogen) atoms. The van der Waals surface area contributed by atoms with Crippen LogP contribution >= 0.6 is 11.6 Å². The molecule has 6 rings (SSSR count). The quantitative estimate of drug-likeness (QED) is 0.0940. The molecule has 1 aliphatic heterocycles. The number of aromatic nitrogens is 3. The minimum atomic E-state index is -1.13. The summed E-state index contributed by atoms with van der Waals surface area (Å²) in [6.45, 7) is 10.8. The summed E-state index contributed by atoms with van der Waals surface area (Å²) in [5, 5.41) is 19.8. The Morgan fingerprint density at radius 1 is 1.00 bits per heavy atom. The van der Waals surface area contributed by atoms with Crippen LogP contribution in [0.3, 0.4) is 0 Å². The van der Waals surface area contributed by atoms with Crippen molar-refractivity contribution in [2.75, 3.05) is 25.1 Å². The van der Waals surface area contributed by atoms with E-state index in [4.69, 9.17) is 35.6 Å². The van der Waals surface area contributed by atoms with Gasteiger partial charge in [-0.1, -0.05) is 50.6 Å². The number of pyridine rings is 1. The lowest BCUT2D eigenvalue weighted by molar-refractivity contribution is -0.165. The first-order valence-corrected chi connectivity index (χ1v) is 19.3. The van der Waals surface area contributed by atoms with E-state index in [9.17, 15) is 23.9 Å². The number of nitrogens with one attached hydrogen (secondary N) is 2. The minimum absolute atomic E-state index is 0.0216. The smallest absolute Gasteiger partial charge is 0.335 e. The number of aromatic carboxylic acids is 1. The zero-order valence-electron chi connectivity index (χ0n) is 33.1. The number of benzene rings is 3. The highest BCUT2D eigenvalue weighted by Crippen LogP contribution is 2.29. The van der Waals surface area contributed by atoms with Crippen LogP contribution in [-0.2, 0) is 28.0 Å². The number of carboxylic acids is 1. The Balaban J connectivity index is 1.13. The van der Waals surface area contributed by atoms with Gasteiger partial charge in [0.15, 0.2) is 6.29 Å². The highest BCUT2D eigenvalue weighted by Gasteiger charge is 2.23. The summed E-state index contributed by atoms with van der Waals surface area (Å²) in [6.07, 6.45) is 2.80. The fourth-order valence-electron chi connectivity index (χ4n) is 6.38. The number of carboxylic acid groups (broad SMARTS) is 1. The molecule has 3 N–H and O–H groups in total. The Morgan fingerprint density at radius 2 is 1.81 bits per heavy atom. The Hall–Kier alpha value is -5.70. The van der Waals surface area contributed by atoms with Crippen LogP contribution in [0.2, 0.25) is 5.02 Å². The third-order valence-electron chi connectivity index (χ3n) is 9.56. The number of carbonyl (C=O) groups excluding carboxylic acids is 1. The third kappa shape index (κ3) is 10.2. The summed E-state index contributed by atoms with van der Waals surface area (Å²) in [4.78, 5) is 38.5. The molecule has 1 saturated heterocycles. The largest absolute Gasteiger partial charge is 0.491 e. The van der Waals surface area contributed by atoms with Gasteiger partial charge in [0.1, 0.15) is 41.4 Å². The molecule has 0 aliphatic carbocycles. The van der Waals surface area contributed by atoms with Gasteiger partial charge in [-0.15, -0.1) is 0 Å². The van der Waals surface area contributed by atoms with Gasteiger partial charge >= 0.3 is 12.0 Å². The molecule has 0 bridgehead atoms. The van der Waals surface area contributed by atoms with E-state index in [0.717, 1.165) is 25.0 Å². The summed E-state index contributed by atoms with van der Waals surface area (Å²) in [6, 6.07) is 18.8. The molecule has 0 spiro atoms. The molecular weight excluding hydrogens is 769 g/mol. The number of carbonyl (C=O) groups is 2. The van der Waals surface area contributed by atoms with Gasteiger partial charge in [0.25, 0.3) is 5.56 Å². The predicted molar refractivity (Wildman–Crippen MR) is 217 cm³/mol. The second-order valence-electron chi connectivity index (χ2n) is 15.0. The van der Waals surface area contributed by atoms with Crippen molar-refractivity contribution in [3.8, 4) is 22.9 Å². The zero-order valence-corrected chi connectivity index (χ0v) is 33.8. The minimum Gasteiger partial charge on any atom is -0.491 e. The van der Waals surface area contributed by atoms with Gasteiger partial charge in [-0.05, 0) is 86.2 Å². The molecule has 5 aromatic rings. The Morgan fingerprint density at radius 3 is 2.55 bits per heavy atom. The lowest BCUT2D eigenvalue weighted by Gasteiger charge is -2.22. The number of ether oxygens (including phenoxy) is 4. The molecular formula is C43H47ClFN5O8. The van der Waals surface area contributed by atoms with Crippen molar-refractivity contribution in [3.63, 3.8) is 0 Å². The maximum atomic E-state index is 14.5. The first-order valence-electron chi connectivity index (χ1n) is 19.0. The highest BCUT2D eigenvalue weighted by molar-refractivity contribution is 6.31. The normalized spacial score (nSPS) is 14.2. The summed E-state index contributed by atoms with van der Waals surface area (Å²) in [5.74, 6) is -0.539. The van der Waals surface area contributed by atoms with Crippen LogP contribution in [0.5, 0.6) is 11.5 Å². The van der Waals surface area contributed by atoms with Crippen LogP contribution in [0.4, 0.5) is 15.0 Å². The predicted octanol–water partition coefficient (Wildman–Crippen LogP) is 8.25. The monoisotopic (exact) mass is 815 g/mol. The number of nitrogens with zero attached hydrogens (tertiary/aromatic N) is 3. The molecule has 2 amide bonds. The van der Waals surface area contributed by atoms with Crippen molar-refractivity contribution in [2.24, 2.45) is 0 Å². The van der Waals surface area contributed by atoms with E-state index < -0.39 is 23.4 Å². The topological polar surface area (TPSA) is 155 Å². The number of rotatable bonds is 14. The van der Waals surface area contributed by atoms with Crippen molar-refractivity contribution in [1.29, 1.82) is 0 Å². The fraction of sp³-hybridized carbons (Fsp3) is 0.349. The van der Waals surface area contributed by atoms with Gasteiger partial charge in [-0.3, -0.25) is 14.7 Å². The van der Waals surface area contributed by atoms with Crippen LogP contribution in [0.15, 0.2) is 77.6 Å². The number of anilines is 1.